The molecule has 0 heterocycles. The molecule has 0 aromatic carbocycles. The number of rotatable bonds is 6. The Morgan fingerprint density at radius 3 is 2.62 bits per heavy atom. The maximum absolute atomic E-state index is 11.4. The molecule has 0 radical (unpaired) electrons. The zero-order valence-corrected chi connectivity index (χ0v) is 9.26. The van der Waals surface area contributed by atoms with Crippen LogP contribution in [-0.4, -0.2) is 38.0 Å². The number of carbonyl (C=O) groups excluding carboxylic acids is 1. The van der Waals surface area contributed by atoms with Crippen LogP contribution in [0.15, 0.2) is 0 Å². The Balaban J connectivity index is 3.68. The normalized spacial score (nSPS) is 12.6. The van der Waals surface area contributed by atoms with Gasteiger partial charge in [0, 0.05) is 26.6 Å². The Labute approximate surface area is 81.5 Å². The third-order valence-corrected chi connectivity index (χ3v) is 2.30. The highest BCUT2D eigenvalue weighted by atomic mass is 16.2. The highest BCUT2D eigenvalue weighted by molar-refractivity contribution is 5.76. The first-order chi connectivity index (χ1) is 6.11. The van der Waals surface area contributed by atoms with Crippen LogP contribution >= 0.6 is 0 Å². The lowest BCUT2D eigenvalue weighted by atomic mass is 10.1. The molecule has 0 saturated heterocycles. The first-order valence-electron chi connectivity index (χ1n) is 5.00. The zero-order chi connectivity index (χ0) is 10.3. The van der Waals surface area contributed by atoms with Crippen LogP contribution in [0, 0.1) is 5.92 Å². The van der Waals surface area contributed by atoms with Crippen LogP contribution < -0.4 is 5.32 Å². The molecule has 0 bridgehead atoms. The van der Waals surface area contributed by atoms with Gasteiger partial charge in [-0.3, -0.25) is 4.79 Å². The summed E-state index contributed by atoms with van der Waals surface area (Å²) in [5.41, 5.74) is 0. The number of nitrogens with one attached hydrogen (secondary N) is 1. The van der Waals surface area contributed by atoms with Crippen molar-refractivity contribution in [2.24, 2.45) is 5.92 Å². The summed E-state index contributed by atoms with van der Waals surface area (Å²) in [6, 6.07) is 0. The van der Waals surface area contributed by atoms with E-state index in [-0.39, 0.29) is 5.91 Å². The molecule has 0 aliphatic rings. The predicted octanol–water partition coefficient (Wildman–Crippen LogP) is 1.10. The van der Waals surface area contributed by atoms with Gasteiger partial charge in [-0.2, -0.15) is 0 Å². The predicted molar refractivity (Wildman–Crippen MR) is 55.6 cm³/mol. The van der Waals surface area contributed by atoms with Gasteiger partial charge >= 0.3 is 0 Å². The van der Waals surface area contributed by atoms with Crippen LogP contribution in [-0.2, 0) is 4.79 Å². The number of carbonyl (C=O) groups is 1. The van der Waals surface area contributed by atoms with Crippen molar-refractivity contribution < 1.29 is 4.79 Å². The van der Waals surface area contributed by atoms with Crippen molar-refractivity contribution in [2.75, 3.05) is 27.2 Å². The molecule has 0 aromatic heterocycles. The van der Waals surface area contributed by atoms with E-state index in [1.807, 2.05) is 19.0 Å². The molecule has 3 nitrogen and oxygen atoms in total. The SMILES string of the molecule is CCC(C)CN(C)C(=O)CCNC. The van der Waals surface area contributed by atoms with E-state index in [0.717, 1.165) is 19.5 Å². The molecule has 3 heteroatoms. The average molecular weight is 186 g/mol. The Kier molecular flexibility index (Phi) is 6.59. The van der Waals surface area contributed by atoms with Gasteiger partial charge in [0.2, 0.25) is 5.91 Å². The van der Waals surface area contributed by atoms with Gasteiger partial charge in [-0.1, -0.05) is 20.3 Å². The number of amides is 1. The molecule has 1 amide bonds. The van der Waals surface area contributed by atoms with Crippen molar-refractivity contribution in [1.82, 2.24) is 10.2 Å². The van der Waals surface area contributed by atoms with Gasteiger partial charge in [-0.15, -0.1) is 0 Å². The summed E-state index contributed by atoms with van der Waals surface area (Å²) in [6.07, 6.45) is 1.73. The molecule has 0 aromatic rings. The largest absolute Gasteiger partial charge is 0.345 e. The van der Waals surface area contributed by atoms with Crippen LogP contribution in [0.2, 0.25) is 0 Å². The second-order valence-electron chi connectivity index (χ2n) is 3.64. The highest BCUT2D eigenvalue weighted by Crippen LogP contribution is 2.03. The van der Waals surface area contributed by atoms with E-state index in [2.05, 4.69) is 19.2 Å². The van der Waals surface area contributed by atoms with Crippen LogP contribution in [0.1, 0.15) is 26.7 Å². The van der Waals surface area contributed by atoms with E-state index in [1.165, 1.54) is 0 Å². The van der Waals surface area contributed by atoms with Gasteiger partial charge in [-0.25, -0.2) is 0 Å². The number of hydrogen-bond acceptors (Lipinski definition) is 2. The lowest BCUT2D eigenvalue weighted by molar-refractivity contribution is -0.130. The molecule has 0 spiro atoms. The Hall–Kier alpha value is -0.570. The maximum Gasteiger partial charge on any atom is 0.223 e. The van der Waals surface area contributed by atoms with Crippen molar-refractivity contribution in [3.63, 3.8) is 0 Å². The molecule has 1 N–H and O–H groups in total. The van der Waals surface area contributed by atoms with Crippen molar-refractivity contribution in [2.45, 2.75) is 26.7 Å². The van der Waals surface area contributed by atoms with Crippen LogP contribution in [0.3, 0.4) is 0 Å². The van der Waals surface area contributed by atoms with Crippen molar-refractivity contribution in [3.8, 4) is 0 Å². The van der Waals surface area contributed by atoms with E-state index in [9.17, 15) is 4.79 Å². The Morgan fingerprint density at radius 2 is 2.15 bits per heavy atom. The quantitative estimate of drug-likeness (QED) is 0.673. The standard InChI is InChI=1S/C10H22N2O/c1-5-9(2)8-12(4)10(13)6-7-11-3/h9,11H,5-8H2,1-4H3. The van der Waals surface area contributed by atoms with E-state index in [1.54, 1.807) is 0 Å². The molecule has 0 fully saturated rings. The summed E-state index contributed by atoms with van der Waals surface area (Å²) in [5, 5.41) is 2.97. The minimum atomic E-state index is 0.231. The first kappa shape index (κ1) is 12.4. The van der Waals surface area contributed by atoms with E-state index in [4.69, 9.17) is 0 Å². The van der Waals surface area contributed by atoms with Gasteiger partial charge in [0.15, 0.2) is 0 Å². The maximum atomic E-state index is 11.4. The fraction of sp³-hybridized carbons (Fsp3) is 0.900. The second-order valence-corrected chi connectivity index (χ2v) is 3.64. The topological polar surface area (TPSA) is 32.3 Å². The van der Waals surface area contributed by atoms with Gasteiger partial charge in [-0.05, 0) is 13.0 Å². The summed E-state index contributed by atoms with van der Waals surface area (Å²) >= 11 is 0. The van der Waals surface area contributed by atoms with E-state index < -0.39 is 0 Å². The van der Waals surface area contributed by atoms with Crippen LogP contribution in [0.25, 0.3) is 0 Å². The monoisotopic (exact) mass is 186 g/mol. The zero-order valence-electron chi connectivity index (χ0n) is 9.26. The number of hydrogen-bond donors (Lipinski definition) is 1. The Morgan fingerprint density at radius 1 is 1.54 bits per heavy atom. The van der Waals surface area contributed by atoms with E-state index in [0.29, 0.717) is 12.3 Å². The van der Waals surface area contributed by atoms with Crippen molar-refractivity contribution in [3.05, 3.63) is 0 Å². The van der Waals surface area contributed by atoms with Crippen LogP contribution in [0.5, 0.6) is 0 Å². The summed E-state index contributed by atoms with van der Waals surface area (Å²) in [7, 11) is 3.74. The van der Waals surface area contributed by atoms with Gasteiger partial charge < -0.3 is 10.2 Å². The van der Waals surface area contributed by atoms with E-state index >= 15 is 0 Å². The fourth-order valence-electron chi connectivity index (χ4n) is 1.12. The summed E-state index contributed by atoms with van der Waals surface area (Å²) < 4.78 is 0. The van der Waals surface area contributed by atoms with Crippen molar-refractivity contribution in [1.29, 1.82) is 0 Å². The van der Waals surface area contributed by atoms with Gasteiger partial charge in [0.25, 0.3) is 0 Å². The minimum absolute atomic E-state index is 0.231. The lowest BCUT2D eigenvalue weighted by Gasteiger charge is -2.20. The average Bonchev–Trinajstić information content (AvgIpc) is 2.13. The molecule has 0 rings (SSSR count). The van der Waals surface area contributed by atoms with Crippen molar-refractivity contribution >= 4 is 5.91 Å². The fourth-order valence-corrected chi connectivity index (χ4v) is 1.12. The summed E-state index contributed by atoms with van der Waals surface area (Å²) in [4.78, 5) is 13.3. The third kappa shape index (κ3) is 5.64. The number of nitrogens with zero attached hydrogens (tertiary/aromatic N) is 1. The molecule has 78 valence electrons. The molecular formula is C10H22N2O. The third-order valence-electron chi connectivity index (χ3n) is 2.30. The molecule has 0 aliphatic heterocycles. The smallest absolute Gasteiger partial charge is 0.223 e. The van der Waals surface area contributed by atoms with Crippen LogP contribution in [0.4, 0.5) is 0 Å². The highest BCUT2D eigenvalue weighted by Gasteiger charge is 2.10. The second kappa shape index (κ2) is 6.89. The molecular weight excluding hydrogens is 164 g/mol. The minimum Gasteiger partial charge on any atom is -0.345 e. The molecule has 13 heavy (non-hydrogen) atoms. The summed E-state index contributed by atoms with van der Waals surface area (Å²) in [5.74, 6) is 0.832. The first-order valence-corrected chi connectivity index (χ1v) is 5.00. The molecule has 0 aliphatic carbocycles. The van der Waals surface area contributed by atoms with Gasteiger partial charge in [0.1, 0.15) is 0 Å². The lowest BCUT2D eigenvalue weighted by Crippen LogP contribution is -2.32. The Bertz CT molecular complexity index is 148. The molecule has 1 atom stereocenters. The van der Waals surface area contributed by atoms with Gasteiger partial charge in [0.05, 0.1) is 0 Å². The summed E-state index contributed by atoms with van der Waals surface area (Å²) in [6.45, 7) is 5.96. The molecule has 0 saturated carbocycles. The molecule has 1 unspecified atom stereocenters.